The number of nitrogens with one attached hydrogen (secondary N) is 1. The predicted octanol–water partition coefficient (Wildman–Crippen LogP) is 1.74. The molecular formula is C17H25N3O2. The highest BCUT2D eigenvalue weighted by atomic mass is 16.2. The summed E-state index contributed by atoms with van der Waals surface area (Å²) in [7, 11) is 0. The first-order valence-electron chi connectivity index (χ1n) is 7.90. The third kappa shape index (κ3) is 4.76. The van der Waals surface area contributed by atoms with Crippen LogP contribution in [0.5, 0.6) is 0 Å². The van der Waals surface area contributed by atoms with Gasteiger partial charge in [0, 0.05) is 32.7 Å². The predicted molar refractivity (Wildman–Crippen MR) is 86.5 cm³/mol. The lowest BCUT2D eigenvalue weighted by Gasteiger charge is -2.35. The third-order valence-electron chi connectivity index (χ3n) is 3.78. The van der Waals surface area contributed by atoms with E-state index in [2.05, 4.69) is 19.2 Å². The summed E-state index contributed by atoms with van der Waals surface area (Å²) in [5, 5.41) is 2.92. The van der Waals surface area contributed by atoms with Crippen molar-refractivity contribution in [2.45, 2.75) is 20.3 Å². The number of hydrogen-bond donors (Lipinski definition) is 1. The van der Waals surface area contributed by atoms with Crippen molar-refractivity contribution in [2.75, 3.05) is 32.7 Å². The maximum Gasteiger partial charge on any atom is 0.317 e. The molecule has 0 aliphatic carbocycles. The van der Waals surface area contributed by atoms with Gasteiger partial charge in [0.1, 0.15) is 0 Å². The summed E-state index contributed by atoms with van der Waals surface area (Å²) >= 11 is 0. The van der Waals surface area contributed by atoms with Gasteiger partial charge in [-0.15, -0.1) is 0 Å². The summed E-state index contributed by atoms with van der Waals surface area (Å²) in [5.74, 6) is 0.575. The topological polar surface area (TPSA) is 52.7 Å². The number of hydrogen-bond acceptors (Lipinski definition) is 2. The van der Waals surface area contributed by atoms with E-state index < -0.39 is 0 Å². The molecule has 2 rings (SSSR count). The van der Waals surface area contributed by atoms with Crippen molar-refractivity contribution in [3.05, 3.63) is 35.9 Å². The van der Waals surface area contributed by atoms with Crippen molar-refractivity contribution >= 4 is 11.9 Å². The number of rotatable bonds is 4. The molecule has 1 fully saturated rings. The van der Waals surface area contributed by atoms with Gasteiger partial charge in [0.05, 0.1) is 6.42 Å². The van der Waals surface area contributed by atoms with Crippen LogP contribution in [0.1, 0.15) is 19.4 Å². The van der Waals surface area contributed by atoms with E-state index in [0.717, 1.165) is 5.56 Å². The molecule has 1 heterocycles. The zero-order valence-corrected chi connectivity index (χ0v) is 13.4. The van der Waals surface area contributed by atoms with Crippen LogP contribution in [0.3, 0.4) is 0 Å². The van der Waals surface area contributed by atoms with Crippen molar-refractivity contribution in [1.82, 2.24) is 15.1 Å². The fourth-order valence-electron chi connectivity index (χ4n) is 2.44. The molecule has 22 heavy (non-hydrogen) atoms. The molecule has 0 unspecified atom stereocenters. The van der Waals surface area contributed by atoms with E-state index in [9.17, 15) is 9.59 Å². The van der Waals surface area contributed by atoms with Crippen LogP contribution in [0.15, 0.2) is 30.3 Å². The van der Waals surface area contributed by atoms with Gasteiger partial charge in [-0.25, -0.2) is 4.79 Å². The molecule has 1 N–H and O–H groups in total. The van der Waals surface area contributed by atoms with Gasteiger partial charge in [-0.1, -0.05) is 44.2 Å². The maximum atomic E-state index is 12.3. The van der Waals surface area contributed by atoms with Crippen LogP contribution in [0.4, 0.5) is 4.79 Å². The van der Waals surface area contributed by atoms with Crippen molar-refractivity contribution < 1.29 is 9.59 Å². The van der Waals surface area contributed by atoms with Crippen LogP contribution >= 0.6 is 0 Å². The second-order valence-electron chi connectivity index (χ2n) is 6.11. The van der Waals surface area contributed by atoms with Gasteiger partial charge in [0.2, 0.25) is 5.91 Å². The van der Waals surface area contributed by atoms with Crippen LogP contribution in [-0.4, -0.2) is 54.5 Å². The van der Waals surface area contributed by atoms with Crippen LogP contribution in [0, 0.1) is 5.92 Å². The highest BCUT2D eigenvalue weighted by Crippen LogP contribution is 2.07. The molecule has 0 radical (unpaired) electrons. The quantitative estimate of drug-likeness (QED) is 0.921. The lowest BCUT2D eigenvalue weighted by molar-refractivity contribution is -0.131. The Kier molecular flexibility index (Phi) is 5.81. The summed E-state index contributed by atoms with van der Waals surface area (Å²) in [6, 6.07) is 9.74. The Morgan fingerprint density at radius 2 is 1.64 bits per heavy atom. The Labute approximate surface area is 132 Å². The average molecular weight is 303 g/mol. The molecule has 1 aliphatic heterocycles. The number of nitrogens with zero attached hydrogens (tertiary/aromatic N) is 2. The molecule has 3 amide bonds. The molecule has 0 atom stereocenters. The first kappa shape index (κ1) is 16.3. The van der Waals surface area contributed by atoms with Gasteiger partial charge in [0.25, 0.3) is 0 Å². The number of urea groups is 1. The van der Waals surface area contributed by atoms with E-state index in [0.29, 0.717) is 45.1 Å². The van der Waals surface area contributed by atoms with E-state index >= 15 is 0 Å². The number of amides is 3. The van der Waals surface area contributed by atoms with E-state index in [1.807, 2.05) is 35.2 Å². The summed E-state index contributed by atoms with van der Waals surface area (Å²) < 4.78 is 0. The normalized spacial score (nSPS) is 15.0. The summed E-state index contributed by atoms with van der Waals surface area (Å²) in [6.45, 7) is 7.25. The Morgan fingerprint density at radius 3 is 2.23 bits per heavy atom. The third-order valence-corrected chi connectivity index (χ3v) is 3.78. The molecule has 1 aromatic carbocycles. The van der Waals surface area contributed by atoms with Crippen molar-refractivity contribution in [3.63, 3.8) is 0 Å². The fraction of sp³-hybridized carbons (Fsp3) is 0.529. The molecular weight excluding hydrogens is 278 g/mol. The second kappa shape index (κ2) is 7.82. The molecule has 0 bridgehead atoms. The first-order valence-corrected chi connectivity index (χ1v) is 7.90. The van der Waals surface area contributed by atoms with Gasteiger partial charge >= 0.3 is 6.03 Å². The van der Waals surface area contributed by atoms with Crippen LogP contribution in [0.25, 0.3) is 0 Å². The fourth-order valence-corrected chi connectivity index (χ4v) is 2.44. The summed E-state index contributed by atoms with van der Waals surface area (Å²) in [4.78, 5) is 27.9. The largest absolute Gasteiger partial charge is 0.339 e. The zero-order chi connectivity index (χ0) is 15.9. The van der Waals surface area contributed by atoms with Crippen molar-refractivity contribution in [2.24, 2.45) is 5.92 Å². The van der Waals surface area contributed by atoms with Gasteiger partial charge in [-0.3, -0.25) is 4.79 Å². The molecule has 1 aliphatic rings. The standard InChI is InChI=1S/C17H25N3O2/c1-14(2)13-18-17(22)20-10-8-19(9-11-20)16(21)12-15-6-4-3-5-7-15/h3-7,14H,8-13H2,1-2H3,(H,18,22). The van der Waals surface area contributed by atoms with Crippen molar-refractivity contribution in [3.8, 4) is 0 Å². The minimum absolute atomic E-state index is 0.0242. The number of carbonyl (C=O) groups excluding carboxylic acids is 2. The molecule has 1 aromatic rings. The minimum atomic E-state index is -0.0242. The Balaban J connectivity index is 1.77. The second-order valence-corrected chi connectivity index (χ2v) is 6.11. The summed E-state index contributed by atoms with van der Waals surface area (Å²) in [6.07, 6.45) is 0.431. The smallest absolute Gasteiger partial charge is 0.317 e. The lowest BCUT2D eigenvalue weighted by atomic mass is 10.1. The van der Waals surface area contributed by atoms with Gasteiger partial charge < -0.3 is 15.1 Å². The first-order chi connectivity index (χ1) is 10.6. The molecule has 120 valence electrons. The van der Waals surface area contributed by atoms with E-state index in [4.69, 9.17) is 0 Å². The Hall–Kier alpha value is -2.04. The zero-order valence-electron chi connectivity index (χ0n) is 13.4. The van der Waals surface area contributed by atoms with Gasteiger partial charge in [-0.05, 0) is 11.5 Å². The Morgan fingerprint density at radius 1 is 1.05 bits per heavy atom. The van der Waals surface area contributed by atoms with E-state index in [1.165, 1.54) is 0 Å². The minimum Gasteiger partial charge on any atom is -0.339 e. The number of carbonyl (C=O) groups is 2. The van der Waals surface area contributed by atoms with Gasteiger partial charge in [-0.2, -0.15) is 0 Å². The lowest BCUT2D eigenvalue weighted by Crippen LogP contribution is -2.53. The molecule has 0 spiro atoms. The van der Waals surface area contributed by atoms with E-state index in [1.54, 1.807) is 4.90 Å². The molecule has 0 saturated carbocycles. The maximum absolute atomic E-state index is 12.3. The average Bonchev–Trinajstić information content (AvgIpc) is 2.53. The number of benzene rings is 1. The summed E-state index contributed by atoms with van der Waals surface area (Å²) in [5.41, 5.74) is 1.03. The number of piperazine rings is 1. The van der Waals surface area contributed by atoms with Crippen LogP contribution < -0.4 is 5.32 Å². The highest BCUT2D eigenvalue weighted by molar-refractivity contribution is 5.79. The van der Waals surface area contributed by atoms with Crippen LogP contribution in [0.2, 0.25) is 0 Å². The molecule has 5 nitrogen and oxygen atoms in total. The molecule has 0 aromatic heterocycles. The molecule has 5 heteroatoms. The highest BCUT2D eigenvalue weighted by Gasteiger charge is 2.23. The van der Waals surface area contributed by atoms with Crippen molar-refractivity contribution in [1.29, 1.82) is 0 Å². The molecule has 1 saturated heterocycles. The Bertz CT molecular complexity index is 494. The monoisotopic (exact) mass is 303 g/mol. The van der Waals surface area contributed by atoms with E-state index in [-0.39, 0.29) is 11.9 Å². The van der Waals surface area contributed by atoms with Crippen LogP contribution in [-0.2, 0) is 11.2 Å². The van der Waals surface area contributed by atoms with Gasteiger partial charge in [0.15, 0.2) is 0 Å². The SMILES string of the molecule is CC(C)CNC(=O)N1CCN(C(=O)Cc2ccccc2)CC1.